The van der Waals surface area contributed by atoms with Crippen molar-refractivity contribution in [3.63, 3.8) is 0 Å². The molecule has 2 fully saturated rings. The molecule has 28 heavy (non-hydrogen) atoms. The summed E-state index contributed by atoms with van der Waals surface area (Å²) in [4.78, 5) is 16.3. The number of hydrogen-bond donors (Lipinski definition) is 0. The molecule has 0 amide bonds. The fourth-order valence-electron chi connectivity index (χ4n) is 3.56. The second-order valence-corrected chi connectivity index (χ2v) is 7.49. The highest BCUT2D eigenvalue weighted by atomic mass is 16.7. The van der Waals surface area contributed by atoms with Crippen molar-refractivity contribution in [3.05, 3.63) is 34.7 Å². The number of esters is 1. The van der Waals surface area contributed by atoms with Gasteiger partial charge in [-0.2, -0.15) is 5.26 Å². The van der Waals surface area contributed by atoms with Crippen molar-refractivity contribution < 1.29 is 19.0 Å². The molecule has 154 valence electrons. The molecule has 1 saturated heterocycles. The molecule has 7 heteroatoms. The summed E-state index contributed by atoms with van der Waals surface area (Å²) < 4.78 is 17.5. The molecule has 7 nitrogen and oxygen atoms in total. The van der Waals surface area contributed by atoms with Gasteiger partial charge in [0.25, 0.3) is 0 Å². The van der Waals surface area contributed by atoms with Gasteiger partial charge in [0, 0.05) is 59.0 Å². The van der Waals surface area contributed by atoms with E-state index >= 15 is 0 Å². The molecule has 1 saturated carbocycles. The van der Waals surface area contributed by atoms with E-state index in [1.165, 1.54) is 0 Å². The Morgan fingerprint density at radius 3 is 2.00 bits per heavy atom. The molecule has 1 heterocycles. The Labute approximate surface area is 167 Å². The molecule has 0 radical (unpaired) electrons. The smallest absolute Gasteiger partial charge is 0.349 e. The predicted molar refractivity (Wildman–Crippen MR) is 106 cm³/mol. The minimum Gasteiger partial charge on any atom is -0.462 e. The van der Waals surface area contributed by atoms with Gasteiger partial charge in [0.2, 0.25) is 0 Å². The SMILES string of the molecule is CCOC(=O)C(C#N)=C1C(=CN(C)C)CC2(CC1=CN(C)C)OCCCCO2. The summed E-state index contributed by atoms with van der Waals surface area (Å²) in [5.41, 5.74) is 2.30. The maximum Gasteiger partial charge on any atom is 0.349 e. The number of rotatable bonds is 4. The highest BCUT2D eigenvalue weighted by Gasteiger charge is 2.43. The monoisotopic (exact) mass is 389 g/mol. The van der Waals surface area contributed by atoms with Crippen LogP contribution in [0, 0.1) is 11.3 Å². The van der Waals surface area contributed by atoms with Gasteiger partial charge in [0.15, 0.2) is 5.79 Å². The Morgan fingerprint density at radius 2 is 1.61 bits per heavy atom. The van der Waals surface area contributed by atoms with Gasteiger partial charge >= 0.3 is 5.97 Å². The van der Waals surface area contributed by atoms with Crippen molar-refractivity contribution >= 4 is 5.97 Å². The van der Waals surface area contributed by atoms with Crippen LogP contribution >= 0.6 is 0 Å². The molecule has 0 aromatic rings. The van der Waals surface area contributed by atoms with Crippen molar-refractivity contribution in [2.45, 2.75) is 38.4 Å². The summed E-state index contributed by atoms with van der Waals surface area (Å²) in [5, 5.41) is 9.77. The lowest BCUT2D eigenvalue weighted by Crippen LogP contribution is -2.41. The molecule has 2 rings (SSSR count). The molecule has 0 atom stereocenters. The Bertz CT molecular complexity index is 674. The fourth-order valence-corrected chi connectivity index (χ4v) is 3.56. The van der Waals surface area contributed by atoms with Gasteiger partial charge in [-0.25, -0.2) is 4.79 Å². The van der Waals surface area contributed by atoms with Crippen molar-refractivity contribution in [1.29, 1.82) is 5.26 Å². The molecule has 0 N–H and O–H groups in total. The summed E-state index contributed by atoms with van der Waals surface area (Å²) in [6.45, 7) is 3.21. The molecule has 2 aliphatic rings. The highest BCUT2D eigenvalue weighted by Crippen LogP contribution is 2.45. The predicted octanol–water partition coefficient (Wildman–Crippen LogP) is 2.58. The maximum absolute atomic E-state index is 12.5. The third-order valence-corrected chi connectivity index (χ3v) is 4.50. The Morgan fingerprint density at radius 1 is 1.11 bits per heavy atom. The number of hydrogen-bond acceptors (Lipinski definition) is 7. The second kappa shape index (κ2) is 9.76. The van der Waals surface area contributed by atoms with Gasteiger partial charge in [0.05, 0.1) is 19.8 Å². The van der Waals surface area contributed by atoms with Crippen molar-refractivity contribution in [3.8, 4) is 6.07 Å². The number of carbonyl (C=O) groups is 1. The molecular weight excluding hydrogens is 358 g/mol. The van der Waals surface area contributed by atoms with Crippen LogP contribution < -0.4 is 0 Å². The van der Waals surface area contributed by atoms with E-state index in [0.717, 1.165) is 24.0 Å². The van der Waals surface area contributed by atoms with Crippen LogP contribution in [0.2, 0.25) is 0 Å². The summed E-state index contributed by atoms with van der Waals surface area (Å²) in [6, 6.07) is 2.07. The van der Waals surface area contributed by atoms with Crippen LogP contribution in [0.4, 0.5) is 0 Å². The van der Waals surface area contributed by atoms with Gasteiger partial charge in [-0.15, -0.1) is 0 Å². The average molecular weight is 389 g/mol. The molecule has 1 spiro atoms. The van der Waals surface area contributed by atoms with Crippen LogP contribution in [-0.2, 0) is 19.0 Å². The second-order valence-electron chi connectivity index (χ2n) is 7.49. The van der Waals surface area contributed by atoms with Crippen LogP contribution in [0.25, 0.3) is 0 Å². The van der Waals surface area contributed by atoms with Crippen LogP contribution in [0.5, 0.6) is 0 Å². The lowest BCUT2D eigenvalue weighted by Gasteiger charge is -2.40. The third-order valence-electron chi connectivity index (χ3n) is 4.50. The van der Waals surface area contributed by atoms with E-state index in [2.05, 4.69) is 6.07 Å². The summed E-state index contributed by atoms with van der Waals surface area (Å²) >= 11 is 0. The van der Waals surface area contributed by atoms with E-state index in [0.29, 0.717) is 31.6 Å². The molecule has 0 aromatic carbocycles. The zero-order valence-electron chi connectivity index (χ0n) is 17.6. The Balaban J connectivity index is 2.66. The van der Waals surface area contributed by atoms with E-state index in [-0.39, 0.29) is 12.2 Å². The first-order valence-corrected chi connectivity index (χ1v) is 9.66. The number of ether oxygens (including phenoxy) is 3. The van der Waals surface area contributed by atoms with E-state index < -0.39 is 11.8 Å². The van der Waals surface area contributed by atoms with Crippen LogP contribution in [-0.4, -0.2) is 69.6 Å². The zero-order valence-corrected chi connectivity index (χ0v) is 17.6. The average Bonchev–Trinajstić information content (AvgIpc) is 2.82. The number of nitriles is 1. The fraction of sp³-hybridized carbons (Fsp3) is 0.619. The maximum atomic E-state index is 12.5. The zero-order chi connectivity index (χ0) is 20.7. The van der Waals surface area contributed by atoms with E-state index in [9.17, 15) is 10.1 Å². The first-order valence-electron chi connectivity index (χ1n) is 9.66. The standard InChI is InChI=1S/C21H31N3O4/c1-6-26-20(25)18(13-22)19-16(14-23(2)3)11-21(12-17(19)15-24(4)5)27-9-7-8-10-28-21/h14-15H,6-12H2,1-5H3. The van der Waals surface area contributed by atoms with E-state index in [1.54, 1.807) is 6.92 Å². The largest absolute Gasteiger partial charge is 0.462 e. The van der Waals surface area contributed by atoms with Crippen molar-refractivity contribution in [2.24, 2.45) is 0 Å². The number of allylic oxidation sites excluding steroid dienone is 1. The van der Waals surface area contributed by atoms with E-state index in [4.69, 9.17) is 14.2 Å². The summed E-state index contributed by atoms with van der Waals surface area (Å²) in [5.74, 6) is -1.38. The molecule has 1 aliphatic carbocycles. The first-order chi connectivity index (χ1) is 13.3. The van der Waals surface area contributed by atoms with Gasteiger partial charge in [-0.05, 0) is 30.9 Å². The quantitative estimate of drug-likeness (QED) is 0.415. The molecule has 0 unspecified atom stereocenters. The van der Waals surface area contributed by atoms with Gasteiger partial charge in [-0.1, -0.05) is 0 Å². The highest BCUT2D eigenvalue weighted by molar-refractivity contribution is 5.96. The normalized spacial score (nSPS) is 21.9. The minimum absolute atomic E-state index is 0.0199. The lowest BCUT2D eigenvalue weighted by atomic mass is 9.79. The third kappa shape index (κ3) is 5.37. The van der Waals surface area contributed by atoms with Crippen LogP contribution in [0.1, 0.15) is 32.6 Å². The number of carbonyl (C=O) groups excluding carboxylic acids is 1. The topological polar surface area (TPSA) is 75.0 Å². The van der Waals surface area contributed by atoms with Crippen molar-refractivity contribution in [2.75, 3.05) is 48.0 Å². The van der Waals surface area contributed by atoms with Crippen LogP contribution in [0.15, 0.2) is 34.7 Å². The van der Waals surface area contributed by atoms with Crippen molar-refractivity contribution in [1.82, 2.24) is 9.80 Å². The molecule has 0 bridgehead atoms. The van der Waals surface area contributed by atoms with Crippen LogP contribution in [0.3, 0.4) is 0 Å². The van der Waals surface area contributed by atoms with Gasteiger partial charge in [-0.3, -0.25) is 0 Å². The number of nitrogens with zero attached hydrogens (tertiary/aromatic N) is 3. The molecular formula is C21H31N3O4. The van der Waals surface area contributed by atoms with E-state index in [1.807, 2.05) is 50.4 Å². The van der Waals surface area contributed by atoms with Gasteiger partial charge < -0.3 is 24.0 Å². The summed E-state index contributed by atoms with van der Waals surface area (Å²) in [6.07, 6.45) is 6.69. The summed E-state index contributed by atoms with van der Waals surface area (Å²) in [7, 11) is 7.64. The van der Waals surface area contributed by atoms with Gasteiger partial charge in [0.1, 0.15) is 11.6 Å². The molecule has 1 aliphatic heterocycles. The first kappa shape index (κ1) is 22.0. The minimum atomic E-state index is -0.779. The lowest BCUT2D eigenvalue weighted by molar-refractivity contribution is -0.225. The Hall–Kier alpha value is -2.30. The molecule has 0 aromatic heterocycles. The Kier molecular flexibility index (Phi) is 7.67.